The van der Waals surface area contributed by atoms with E-state index in [4.69, 9.17) is 4.74 Å². The third-order valence-electron chi connectivity index (χ3n) is 3.84. The van der Waals surface area contributed by atoms with E-state index in [0.717, 1.165) is 24.0 Å². The molecule has 114 valence electrons. The number of aromatic nitrogens is 4. The molecule has 2 unspecified atom stereocenters. The summed E-state index contributed by atoms with van der Waals surface area (Å²) >= 11 is 0. The highest BCUT2D eigenvalue weighted by atomic mass is 16.5. The number of piperidine rings is 1. The number of aromatic amines is 1. The monoisotopic (exact) mass is 291 g/mol. The molecule has 0 saturated carbocycles. The Morgan fingerprint density at radius 3 is 2.90 bits per heavy atom. The van der Waals surface area contributed by atoms with Crippen LogP contribution in [0.4, 0.5) is 5.82 Å². The van der Waals surface area contributed by atoms with E-state index >= 15 is 0 Å². The van der Waals surface area contributed by atoms with Crippen molar-refractivity contribution >= 4 is 16.9 Å². The molecular weight excluding hydrogens is 270 g/mol. The number of hydrogen-bond acceptors (Lipinski definition) is 6. The number of nitrogens with one attached hydrogen (secondary N) is 1. The fourth-order valence-electron chi connectivity index (χ4n) is 2.92. The van der Waals surface area contributed by atoms with Gasteiger partial charge in [0.15, 0.2) is 5.65 Å². The molecule has 0 aromatic carbocycles. The number of aryl methyl sites for hydroxylation is 1. The number of fused-ring (bicyclic) bond motifs is 2. The molecule has 4 rings (SSSR count). The summed E-state index contributed by atoms with van der Waals surface area (Å²) in [7, 11) is 0. The highest BCUT2D eigenvalue weighted by molar-refractivity contribution is 5.92. The van der Waals surface area contributed by atoms with Crippen molar-refractivity contribution in [3.05, 3.63) is 5.82 Å². The second kappa shape index (κ2) is 5.48. The molecule has 2 N–H and O–H groups in total. The van der Waals surface area contributed by atoms with Crippen LogP contribution in [0.15, 0.2) is 0 Å². The Morgan fingerprint density at radius 2 is 2.10 bits per heavy atom. The van der Waals surface area contributed by atoms with Gasteiger partial charge in [-0.15, -0.1) is 5.10 Å². The van der Waals surface area contributed by atoms with Gasteiger partial charge in [-0.1, -0.05) is 13.8 Å². The maximum absolute atomic E-state index is 9.91. The molecule has 1 fully saturated rings. The quantitative estimate of drug-likeness (QED) is 0.763. The van der Waals surface area contributed by atoms with Crippen LogP contribution in [0.3, 0.4) is 0 Å². The summed E-state index contributed by atoms with van der Waals surface area (Å²) in [5.41, 5.74) is 0.693. The summed E-state index contributed by atoms with van der Waals surface area (Å²) in [4.78, 5) is 11.0. The lowest BCUT2D eigenvalue weighted by Crippen LogP contribution is -2.48. The molecule has 0 radical (unpaired) electrons. The summed E-state index contributed by atoms with van der Waals surface area (Å²) < 4.78 is 5.76. The molecule has 0 aliphatic carbocycles. The molecule has 7 nitrogen and oxygen atoms in total. The van der Waals surface area contributed by atoms with Crippen LogP contribution < -0.4 is 9.64 Å². The fourth-order valence-corrected chi connectivity index (χ4v) is 2.92. The number of aliphatic hydroxyl groups excluding tert-OH is 1. The Morgan fingerprint density at radius 1 is 1.29 bits per heavy atom. The lowest BCUT2D eigenvalue weighted by molar-refractivity contribution is 0.130. The smallest absolute Gasteiger partial charge is 0.246 e. The average molecular weight is 291 g/mol. The molecule has 2 aliphatic heterocycles. The molecule has 0 bridgehead atoms. The van der Waals surface area contributed by atoms with E-state index < -0.39 is 0 Å². The third kappa shape index (κ3) is 2.31. The van der Waals surface area contributed by atoms with Crippen LogP contribution in [-0.2, 0) is 0 Å². The van der Waals surface area contributed by atoms with Gasteiger partial charge in [0.25, 0.3) is 0 Å². The number of H-pyrrole nitrogens is 1. The first-order chi connectivity index (χ1) is 10.2. The van der Waals surface area contributed by atoms with E-state index in [0.29, 0.717) is 30.5 Å². The maximum atomic E-state index is 9.91. The van der Waals surface area contributed by atoms with Gasteiger partial charge >= 0.3 is 0 Å². The van der Waals surface area contributed by atoms with Gasteiger partial charge in [-0.2, -0.15) is 0 Å². The summed E-state index contributed by atoms with van der Waals surface area (Å²) in [5.74, 6) is 2.08. The Kier molecular flexibility index (Phi) is 3.67. The summed E-state index contributed by atoms with van der Waals surface area (Å²) in [5, 5.41) is 17.8. The predicted molar refractivity (Wildman–Crippen MR) is 79.6 cm³/mol. The second-order valence-corrected chi connectivity index (χ2v) is 5.20. The predicted octanol–water partition coefficient (Wildman–Crippen LogP) is 1.41. The van der Waals surface area contributed by atoms with Crippen molar-refractivity contribution in [2.24, 2.45) is 0 Å². The molecular formula is C14H21N5O2. The van der Waals surface area contributed by atoms with Crippen LogP contribution in [0, 0.1) is 6.92 Å². The Bertz CT molecular complexity index is 642. The first kappa shape index (κ1) is 14.1. The Hall–Kier alpha value is -1.89. The number of rotatable bonds is 0. The van der Waals surface area contributed by atoms with Crippen LogP contribution in [0.1, 0.15) is 32.5 Å². The number of nitrogens with zero attached hydrogens (tertiary/aromatic N) is 4. The molecule has 2 aromatic heterocycles. The second-order valence-electron chi connectivity index (χ2n) is 5.20. The SMILES string of the molecule is CC.Cc1nc2c3c(n[nH]c3n1)OCC1CCC(O)CN21. The zero-order valence-electron chi connectivity index (χ0n) is 12.6. The molecule has 2 aromatic rings. The van der Waals surface area contributed by atoms with Gasteiger partial charge in [0.1, 0.15) is 23.6 Å². The number of aliphatic hydroxyl groups is 1. The first-order valence-electron chi connectivity index (χ1n) is 7.52. The van der Waals surface area contributed by atoms with E-state index in [2.05, 4.69) is 25.1 Å². The Balaban J connectivity index is 0.000000636. The van der Waals surface area contributed by atoms with Crippen LogP contribution in [0.5, 0.6) is 5.88 Å². The summed E-state index contributed by atoms with van der Waals surface area (Å²) in [6.07, 6.45) is 1.40. The van der Waals surface area contributed by atoms with E-state index in [-0.39, 0.29) is 12.1 Å². The number of hydrogen-bond donors (Lipinski definition) is 2. The van der Waals surface area contributed by atoms with Crippen LogP contribution in [0.2, 0.25) is 0 Å². The highest BCUT2D eigenvalue weighted by Gasteiger charge is 2.34. The van der Waals surface area contributed by atoms with Gasteiger partial charge in [-0.3, -0.25) is 5.10 Å². The van der Waals surface area contributed by atoms with Crippen molar-refractivity contribution in [2.75, 3.05) is 18.1 Å². The zero-order chi connectivity index (χ0) is 15.0. The standard InChI is InChI=1S/C12H15N5O2.C2H6/c1-6-13-10-9-11(14-6)17-4-8(18)3-2-7(17)5-19-12(9)16-15-10;1-2/h7-8,18H,2-5H2,1H3,(H,13,14,15,16);1-2H3. The minimum Gasteiger partial charge on any atom is -0.474 e. The van der Waals surface area contributed by atoms with Crippen molar-refractivity contribution in [1.29, 1.82) is 0 Å². The van der Waals surface area contributed by atoms with Crippen molar-refractivity contribution in [3.8, 4) is 5.88 Å². The van der Waals surface area contributed by atoms with E-state index in [9.17, 15) is 5.11 Å². The minimum atomic E-state index is -0.310. The summed E-state index contributed by atoms with van der Waals surface area (Å²) in [6, 6.07) is 0.245. The normalized spacial score (nSPS) is 23.7. The van der Waals surface area contributed by atoms with Gasteiger partial charge in [-0.25, -0.2) is 9.97 Å². The lowest BCUT2D eigenvalue weighted by atomic mass is 10.0. The van der Waals surface area contributed by atoms with E-state index in [1.165, 1.54) is 0 Å². The lowest BCUT2D eigenvalue weighted by Gasteiger charge is -2.37. The molecule has 1 saturated heterocycles. The molecule has 21 heavy (non-hydrogen) atoms. The molecule has 2 aliphatic rings. The van der Waals surface area contributed by atoms with Gasteiger partial charge in [0.05, 0.1) is 12.1 Å². The van der Waals surface area contributed by atoms with E-state index in [1.807, 2.05) is 20.8 Å². The average Bonchev–Trinajstić information content (AvgIpc) is 2.83. The number of anilines is 1. The van der Waals surface area contributed by atoms with Crippen LogP contribution >= 0.6 is 0 Å². The van der Waals surface area contributed by atoms with Gasteiger partial charge in [0.2, 0.25) is 5.88 Å². The highest BCUT2D eigenvalue weighted by Crippen LogP contribution is 2.36. The zero-order valence-corrected chi connectivity index (χ0v) is 12.6. The van der Waals surface area contributed by atoms with Crippen LogP contribution in [-0.4, -0.2) is 50.6 Å². The molecule has 2 atom stereocenters. The summed E-state index contributed by atoms with van der Waals surface area (Å²) in [6.45, 7) is 7.02. The largest absolute Gasteiger partial charge is 0.474 e. The topological polar surface area (TPSA) is 87.2 Å². The Labute approximate surface area is 123 Å². The van der Waals surface area contributed by atoms with Gasteiger partial charge < -0.3 is 14.7 Å². The molecule has 0 spiro atoms. The van der Waals surface area contributed by atoms with Crippen molar-refractivity contribution in [2.45, 2.75) is 45.8 Å². The molecule has 4 heterocycles. The van der Waals surface area contributed by atoms with Gasteiger partial charge in [-0.05, 0) is 19.8 Å². The van der Waals surface area contributed by atoms with Crippen molar-refractivity contribution in [3.63, 3.8) is 0 Å². The first-order valence-corrected chi connectivity index (χ1v) is 7.52. The third-order valence-corrected chi connectivity index (χ3v) is 3.84. The minimum absolute atomic E-state index is 0.245. The fraction of sp³-hybridized carbons (Fsp3) is 0.643. The van der Waals surface area contributed by atoms with Gasteiger partial charge in [0, 0.05) is 6.54 Å². The van der Waals surface area contributed by atoms with Crippen molar-refractivity contribution in [1.82, 2.24) is 20.2 Å². The van der Waals surface area contributed by atoms with E-state index in [1.54, 1.807) is 0 Å². The number of ether oxygens (including phenoxy) is 1. The molecule has 7 heteroatoms. The maximum Gasteiger partial charge on any atom is 0.246 e. The van der Waals surface area contributed by atoms with Crippen molar-refractivity contribution < 1.29 is 9.84 Å². The molecule has 0 amide bonds. The van der Waals surface area contributed by atoms with Crippen LogP contribution in [0.25, 0.3) is 11.0 Å².